The van der Waals surface area contributed by atoms with Crippen LogP contribution in [0.2, 0.25) is 0 Å². The summed E-state index contributed by atoms with van der Waals surface area (Å²) in [7, 11) is 0. The third-order valence-corrected chi connectivity index (χ3v) is 4.57. The average Bonchev–Trinajstić information content (AvgIpc) is 2.91. The number of likely N-dealkylation sites (tertiary alicyclic amines) is 1. The van der Waals surface area contributed by atoms with Gasteiger partial charge >= 0.3 is 5.97 Å². The first-order chi connectivity index (χ1) is 9.94. The van der Waals surface area contributed by atoms with Crippen LogP contribution in [0, 0.1) is 10.1 Å². The lowest BCUT2D eigenvalue weighted by atomic mass is 9.90. The number of hydrogen-bond donors (Lipinski definition) is 1. The third kappa shape index (κ3) is 2.51. The van der Waals surface area contributed by atoms with E-state index in [4.69, 9.17) is 0 Å². The SMILES string of the molecule is CCC1(C(=O)O)CCCN1C(C)c1ccccc1[N+](=O)[O-]. The van der Waals surface area contributed by atoms with Crippen molar-refractivity contribution < 1.29 is 14.8 Å². The Bertz CT molecular complexity index is 560. The molecule has 0 aromatic heterocycles. The van der Waals surface area contributed by atoms with Crippen molar-refractivity contribution >= 4 is 11.7 Å². The summed E-state index contributed by atoms with van der Waals surface area (Å²) < 4.78 is 0. The van der Waals surface area contributed by atoms with Crippen LogP contribution in [-0.2, 0) is 4.79 Å². The lowest BCUT2D eigenvalue weighted by molar-refractivity contribution is -0.386. The van der Waals surface area contributed by atoms with E-state index >= 15 is 0 Å². The van der Waals surface area contributed by atoms with E-state index in [1.165, 1.54) is 6.07 Å². The molecule has 2 unspecified atom stereocenters. The maximum atomic E-state index is 11.7. The van der Waals surface area contributed by atoms with Gasteiger partial charge in [-0.05, 0) is 32.7 Å². The Morgan fingerprint density at radius 1 is 1.52 bits per heavy atom. The smallest absolute Gasteiger partial charge is 0.324 e. The van der Waals surface area contributed by atoms with Crippen LogP contribution in [0.3, 0.4) is 0 Å². The minimum Gasteiger partial charge on any atom is -0.480 e. The Kier molecular flexibility index (Phi) is 4.27. The summed E-state index contributed by atoms with van der Waals surface area (Å²) in [5.41, 5.74) is -0.292. The van der Waals surface area contributed by atoms with Gasteiger partial charge in [0.05, 0.1) is 4.92 Å². The van der Waals surface area contributed by atoms with Crippen LogP contribution < -0.4 is 0 Å². The highest BCUT2D eigenvalue weighted by Gasteiger charge is 2.48. The predicted octanol–water partition coefficient (Wildman–Crippen LogP) is 2.99. The topological polar surface area (TPSA) is 83.7 Å². The maximum absolute atomic E-state index is 11.7. The normalized spacial score (nSPS) is 23.9. The van der Waals surface area contributed by atoms with Crippen LogP contribution in [0.5, 0.6) is 0 Å². The lowest BCUT2D eigenvalue weighted by Crippen LogP contribution is -2.50. The first-order valence-electron chi connectivity index (χ1n) is 7.17. The van der Waals surface area contributed by atoms with E-state index in [1.54, 1.807) is 18.2 Å². The number of nitro benzene ring substituents is 1. The zero-order valence-corrected chi connectivity index (χ0v) is 12.3. The molecule has 1 aliphatic heterocycles. The molecule has 1 aliphatic rings. The monoisotopic (exact) mass is 292 g/mol. The van der Waals surface area contributed by atoms with E-state index in [9.17, 15) is 20.0 Å². The highest BCUT2D eigenvalue weighted by molar-refractivity contribution is 5.79. The van der Waals surface area contributed by atoms with Crippen LogP contribution in [0.1, 0.15) is 44.7 Å². The molecule has 1 aromatic carbocycles. The number of nitro groups is 1. The van der Waals surface area contributed by atoms with E-state index in [0.717, 1.165) is 6.42 Å². The second kappa shape index (κ2) is 5.81. The molecule has 0 aliphatic carbocycles. The third-order valence-electron chi connectivity index (χ3n) is 4.57. The molecule has 1 saturated heterocycles. The van der Waals surface area contributed by atoms with Crippen molar-refractivity contribution in [3.63, 3.8) is 0 Å². The van der Waals surface area contributed by atoms with Gasteiger partial charge in [0.15, 0.2) is 0 Å². The minimum absolute atomic E-state index is 0.0484. The molecule has 21 heavy (non-hydrogen) atoms. The molecule has 0 saturated carbocycles. The molecule has 114 valence electrons. The van der Waals surface area contributed by atoms with Crippen molar-refractivity contribution in [2.45, 2.75) is 44.7 Å². The first-order valence-corrected chi connectivity index (χ1v) is 7.17. The molecule has 2 rings (SSSR count). The molecule has 0 amide bonds. The summed E-state index contributed by atoms with van der Waals surface area (Å²) in [4.78, 5) is 24.4. The Hall–Kier alpha value is -1.95. The van der Waals surface area contributed by atoms with E-state index < -0.39 is 16.4 Å². The van der Waals surface area contributed by atoms with Crippen LogP contribution in [-0.4, -0.2) is 33.0 Å². The van der Waals surface area contributed by atoms with Crippen molar-refractivity contribution in [3.8, 4) is 0 Å². The molecule has 1 fully saturated rings. The molecular weight excluding hydrogens is 272 g/mol. The van der Waals surface area contributed by atoms with Gasteiger partial charge in [-0.1, -0.05) is 25.1 Å². The minimum atomic E-state index is -0.914. The predicted molar refractivity (Wildman–Crippen MR) is 78.1 cm³/mol. The Morgan fingerprint density at radius 3 is 2.76 bits per heavy atom. The molecule has 0 spiro atoms. The molecule has 1 N–H and O–H groups in total. The van der Waals surface area contributed by atoms with E-state index in [1.807, 2.05) is 18.7 Å². The van der Waals surface area contributed by atoms with Crippen molar-refractivity contribution in [3.05, 3.63) is 39.9 Å². The van der Waals surface area contributed by atoms with Gasteiger partial charge in [-0.3, -0.25) is 19.8 Å². The number of hydrogen-bond acceptors (Lipinski definition) is 4. The number of carboxylic acid groups (broad SMARTS) is 1. The second-order valence-corrected chi connectivity index (χ2v) is 5.48. The van der Waals surface area contributed by atoms with Gasteiger partial charge < -0.3 is 5.11 Å². The van der Waals surface area contributed by atoms with Gasteiger partial charge in [-0.2, -0.15) is 0 Å². The summed E-state index contributed by atoms with van der Waals surface area (Å²) in [5, 5.41) is 20.8. The fourth-order valence-electron chi connectivity index (χ4n) is 3.40. The number of nitrogens with zero attached hydrogens (tertiary/aromatic N) is 2. The number of carboxylic acids is 1. The van der Waals surface area contributed by atoms with Crippen molar-refractivity contribution in [1.29, 1.82) is 0 Å². The first kappa shape index (κ1) is 15.4. The fraction of sp³-hybridized carbons (Fsp3) is 0.533. The summed E-state index contributed by atoms with van der Waals surface area (Å²) in [5.74, 6) is -0.840. The summed E-state index contributed by atoms with van der Waals surface area (Å²) in [6.45, 7) is 4.35. The zero-order chi connectivity index (χ0) is 15.6. The van der Waals surface area contributed by atoms with E-state index in [0.29, 0.717) is 24.9 Å². The van der Waals surface area contributed by atoms with Gasteiger partial charge in [-0.25, -0.2) is 0 Å². The van der Waals surface area contributed by atoms with Crippen LogP contribution >= 0.6 is 0 Å². The van der Waals surface area contributed by atoms with Gasteiger partial charge in [0.25, 0.3) is 5.69 Å². The second-order valence-electron chi connectivity index (χ2n) is 5.48. The Labute approximate surface area is 123 Å². The lowest BCUT2D eigenvalue weighted by Gasteiger charge is -2.38. The number of para-hydroxylation sites is 1. The van der Waals surface area contributed by atoms with Crippen molar-refractivity contribution in [2.24, 2.45) is 0 Å². The average molecular weight is 292 g/mol. The zero-order valence-electron chi connectivity index (χ0n) is 12.3. The summed E-state index contributed by atoms with van der Waals surface area (Å²) >= 11 is 0. The van der Waals surface area contributed by atoms with E-state index in [-0.39, 0.29) is 11.7 Å². The van der Waals surface area contributed by atoms with Crippen molar-refractivity contribution in [1.82, 2.24) is 4.90 Å². The Morgan fingerprint density at radius 2 is 2.19 bits per heavy atom. The fourth-order valence-corrected chi connectivity index (χ4v) is 3.40. The largest absolute Gasteiger partial charge is 0.480 e. The van der Waals surface area contributed by atoms with Gasteiger partial charge in [0.1, 0.15) is 5.54 Å². The van der Waals surface area contributed by atoms with Crippen LogP contribution in [0.15, 0.2) is 24.3 Å². The quantitative estimate of drug-likeness (QED) is 0.666. The van der Waals surface area contributed by atoms with E-state index in [2.05, 4.69) is 0 Å². The molecule has 0 radical (unpaired) electrons. The van der Waals surface area contributed by atoms with Gasteiger partial charge in [0, 0.05) is 17.7 Å². The Balaban J connectivity index is 2.42. The van der Waals surface area contributed by atoms with Crippen molar-refractivity contribution in [2.75, 3.05) is 6.54 Å². The number of rotatable bonds is 5. The molecule has 1 heterocycles. The van der Waals surface area contributed by atoms with Gasteiger partial charge in [-0.15, -0.1) is 0 Å². The number of benzene rings is 1. The van der Waals surface area contributed by atoms with Gasteiger partial charge in [0.2, 0.25) is 0 Å². The standard InChI is InChI=1S/C15H20N2O4/c1-3-15(14(18)19)9-6-10-16(15)11(2)12-7-4-5-8-13(12)17(20)21/h4-5,7-8,11H,3,6,9-10H2,1-2H3,(H,18,19). The van der Waals surface area contributed by atoms with Crippen LogP contribution in [0.4, 0.5) is 5.69 Å². The summed E-state index contributed by atoms with van der Waals surface area (Å²) in [6, 6.07) is 6.26. The summed E-state index contributed by atoms with van der Waals surface area (Å²) in [6.07, 6.45) is 1.88. The molecular formula is C15H20N2O4. The number of carbonyl (C=O) groups is 1. The van der Waals surface area contributed by atoms with Crippen LogP contribution in [0.25, 0.3) is 0 Å². The molecule has 2 atom stereocenters. The number of aliphatic carboxylic acids is 1. The molecule has 6 heteroatoms. The highest BCUT2D eigenvalue weighted by atomic mass is 16.6. The molecule has 1 aromatic rings. The molecule has 6 nitrogen and oxygen atoms in total. The highest BCUT2D eigenvalue weighted by Crippen LogP contribution is 2.41. The molecule has 0 bridgehead atoms. The maximum Gasteiger partial charge on any atom is 0.324 e.